The molecule has 14 heavy (non-hydrogen) atoms. The molecule has 0 spiro atoms. The molecule has 0 aliphatic heterocycles. The van der Waals surface area contributed by atoms with Gasteiger partial charge in [-0.25, -0.2) is 0 Å². The summed E-state index contributed by atoms with van der Waals surface area (Å²) in [6.45, 7) is 3.81. The van der Waals surface area contributed by atoms with Crippen molar-refractivity contribution in [1.82, 2.24) is 0 Å². The van der Waals surface area contributed by atoms with Crippen molar-refractivity contribution in [3.63, 3.8) is 0 Å². The van der Waals surface area contributed by atoms with E-state index in [1.807, 2.05) is 0 Å². The zero-order valence-electron chi connectivity index (χ0n) is 8.28. The van der Waals surface area contributed by atoms with Crippen molar-refractivity contribution < 1.29 is 9.53 Å². The molecule has 0 aromatic rings. The van der Waals surface area contributed by atoms with Crippen LogP contribution in [-0.2, 0) is 9.53 Å². The van der Waals surface area contributed by atoms with Crippen LogP contribution in [0.1, 0.15) is 25.7 Å². The third-order valence-electron chi connectivity index (χ3n) is 2.45. The van der Waals surface area contributed by atoms with E-state index >= 15 is 0 Å². The Bertz CT molecular complexity index is 189. The Labute approximate surface area is 91.1 Å². The van der Waals surface area contributed by atoms with Crippen molar-refractivity contribution in [3.05, 3.63) is 12.7 Å². The monoisotopic (exact) mass is 219 g/mol. The summed E-state index contributed by atoms with van der Waals surface area (Å²) in [5.74, 6) is -0.0217. The molecule has 0 unspecified atom stereocenters. The zero-order chi connectivity index (χ0) is 9.68. The number of carbonyl (C=O) groups excluding carboxylic acids is 1. The van der Waals surface area contributed by atoms with Crippen LogP contribution in [-0.4, -0.2) is 18.6 Å². The Hall–Kier alpha value is -0.540. The summed E-state index contributed by atoms with van der Waals surface area (Å²) in [6.07, 6.45) is 5.21. The third kappa shape index (κ3) is 4.11. The highest BCUT2D eigenvalue weighted by Gasteiger charge is 2.25. The van der Waals surface area contributed by atoms with Crippen LogP contribution in [0.25, 0.3) is 0 Å². The first-order valence-corrected chi connectivity index (χ1v) is 4.77. The lowest BCUT2D eigenvalue weighted by atomic mass is 9.86. The summed E-state index contributed by atoms with van der Waals surface area (Å²) in [4.78, 5) is 11.4. The molecule has 0 amide bonds. The molecule has 2 N–H and O–H groups in total. The Morgan fingerprint density at radius 1 is 1.43 bits per heavy atom. The minimum Gasteiger partial charge on any atom is -0.461 e. The number of hydrogen-bond donors (Lipinski definition) is 1. The predicted octanol–water partition coefficient (Wildman–Crippen LogP) is 1.65. The second-order valence-electron chi connectivity index (χ2n) is 3.53. The summed E-state index contributed by atoms with van der Waals surface area (Å²) in [6, 6.07) is 0.281. The summed E-state index contributed by atoms with van der Waals surface area (Å²) in [7, 11) is 0. The highest BCUT2D eigenvalue weighted by molar-refractivity contribution is 5.85. The standard InChI is InChI=1S/C10H17NO2.ClH/c1-2-7-13-10(12)8-3-5-9(11)6-4-8;/h2,8-9H,1,3-7,11H2;1H/t8-,9-;. The fourth-order valence-corrected chi connectivity index (χ4v) is 1.61. The number of hydrogen-bond acceptors (Lipinski definition) is 3. The van der Waals surface area contributed by atoms with E-state index in [9.17, 15) is 4.79 Å². The zero-order valence-corrected chi connectivity index (χ0v) is 9.09. The van der Waals surface area contributed by atoms with Crippen molar-refractivity contribution >= 4 is 18.4 Å². The largest absolute Gasteiger partial charge is 0.461 e. The van der Waals surface area contributed by atoms with E-state index in [2.05, 4.69) is 6.58 Å². The molecular formula is C10H18ClNO2. The molecule has 0 saturated heterocycles. The Morgan fingerprint density at radius 2 is 2.00 bits per heavy atom. The van der Waals surface area contributed by atoms with Gasteiger partial charge in [0.25, 0.3) is 0 Å². The predicted molar refractivity (Wildman–Crippen MR) is 58.3 cm³/mol. The van der Waals surface area contributed by atoms with Gasteiger partial charge < -0.3 is 10.5 Å². The smallest absolute Gasteiger partial charge is 0.309 e. The summed E-state index contributed by atoms with van der Waals surface area (Å²) in [5.41, 5.74) is 5.73. The van der Waals surface area contributed by atoms with Crippen LogP contribution in [0.4, 0.5) is 0 Å². The van der Waals surface area contributed by atoms with Gasteiger partial charge >= 0.3 is 5.97 Å². The number of esters is 1. The van der Waals surface area contributed by atoms with Crippen LogP contribution in [0.15, 0.2) is 12.7 Å². The fraction of sp³-hybridized carbons (Fsp3) is 0.700. The minimum atomic E-state index is -0.0909. The van der Waals surface area contributed by atoms with E-state index in [1.54, 1.807) is 6.08 Å². The number of nitrogens with two attached hydrogens (primary N) is 1. The fourth-order valence-electron chi connectivity index (χ4n) is 1.61. The van der Waals surface area contributed by atoms with E-state index < -0.39 is 0 Å². The maximum Gasteiger partial charge on any atom is 0.309 e. The van der Waals surface area contributed by atoms with Gasteiger partial charge in [0.1, 0.15) is 6.61 Å². The van der Waals surface area contributed by atoms with E-state index in [0.717, 1.165) is 25.7 Å². The molecular weight excluding hydrogens is 202 g/mol. The second kappa shape index (κ2) is 6.85. The van der Waals surface area contributed by atoms with E-state index in [0.29, 0.717) is 6.61 Å². The van der Waals surface area contributed by atoms with Crippen LogP contribution in [0, 0.1) is 5.92 Å². The molecule has 1 aliphatic rings. The molecule has 0 heterocycles. The van der Waals surface area contributed by atoms with Crippen molar-refractivity contribution in [1.29, 1.82) is 0 Å². The molecule has 0 aromatic carbocycles. The van der Waals surface area contributed by atoms with Crippen molar-refractivity contribution in [2.24, 2.45) is 11.7 Å². The van der Waals surface area contributed by atoms with Crippen LogP contribution < -0.4 is 5.73 Å². The van der Waals surface area contributed by atoms with Gasteiger partial charge in [0.2, 0.25) is 0 Å². The van der Waals surface area contributed by atoms with Crippen LogP contribution in [0.3, 0.4) is 0 Å². The van der Waals surface area contributed by atoms with Crippen LogP contribution in [0.5, 0.6) is 0 Å². The van der Waals surface area contributed by atoms with Gasteiger partial charge in [0.15, 0.2) is 0 Å². The number of rotatable bonds is 3. The Balaban J connectivity index is 0.00000169. The highest BCUT2D eigenvalue weighted by atomic mass is 35.5. The highest BCUT2D eigenvalue weighted by Crippen LogP contribution is 2.23. The number of halogens is 1. The minimum absolute atomic E-state index is 0. The maximum absolute atomic E-state index is 11.4. The molecule has 3 nitrogen and oxygen atoms in total. The summed E-state index contributed by atoms with van der Waals surface area (Å²) >= 11 is 0. The van der Waals surface area contributed by atoms with Gasteiger partial charge in [0, 0.05) is 6.04 Å². The molecule has 0 bridgehead atoms. The number of carbonyl (C=O) groups is 1. The number of ether oxygens (including phenoxy) is 1. The topological polar surface area (TPSA) is 52.3 Å². The molecule has 1 rings (SSSR count). The summed E-state index contributed by atoms with van der Waals surface area (Å²) in [5, 5.41) is 0. The molecule has 1 fully saturated rings. The average Bonchev–Trinajstić information content (AvgIpc) is 2.15. The molecule has 0 radical (unpaired) electrons. The van der Waals surface area contributed by atoms with E-state index in [4.69, 9.17) is 10.5 Å². The Morgan fingerprint density at radius 3 is 2.50 bits per heavy atom. The van der Waals surface area contributed by atoms with Gasteiger partial charge in [-0.3, -0.25) is 4.79 Å². The molecule has 0 aromatic heterocycles. The average molecular weight is 220 g/mol. The van der Waals surface area contributed by atoms with Crippen molar-refractivity contribution in [2.45, 2.75) is 31.7 Å². The molecule has 1 saturated carbocycles. The first kappa shape index (κ1) is 13.5. The molecule has 82 valence electrons. The molecule has 1 aliphatic carbocycles. The molecule has 0 atom stereocenters. The lowest BCUT2D eigenvalue weighted by molar-refractivity contribution is -0.148. The van der Waals surface area contributed by atoms with Crippen molar-refractivity contribution in [3.8, 4) is 0 Å². The van der Waals surface area contributed by atoms with Gasteiger partial charge in [-0.15, -0.1) is 12.4 Å². The maximum atomic E-state index is 11.4. The lowest BCUT2D eigenvalue weighted by Gasteiger charge is -2.24. The first-order valence-electron chi connectivity index (χ1n) is 4.77. The van der Waals surface area contributed by atoms with Crippen LogP contribution >= 0.6 is 12.4 Å². The van der Waals surface area contributed by atoms with Gasteiger partial charge in [-0.2, -0.15) is 0 Å². The SMILES string of the molecule is C=CCOC(=O)[C@H]1CC[C@H](N)CC1.Cl. The van der Waals surface area contributed by atoms with Crippen LogP contribution in [0.2, 0.25) is 0 Å². The van der Waals surface area contributed by atoms with Gasteiger partial charge in [-0.05, 0) is 25.7 Å². The normalized spacial score (nSPS) is 26.1. The van der Waals surface area contributed by atoms with Crippen molar-refractivity contribution in [2.75, 3.05) is 6.61 Å². The van der Waals surface area contributed by atoms with E-state index in [-0.39, 0.29) is 30.3 Å². The first-order chi connectivity index (χ1) is 6.24. The lowest BCUT2D eigenvalue weighted by Crippen LogP contribution is -2.30. The van der Waals surface area contributed by atoms with Gasteiger partial charge in [0.05, 0.1) is 5.92 Å². The van der Waals surface area contributed by atoms with E-state index in [1.165, 1.54) is 0 Å². The summed E-state index contributed by atoms with van der Waals surface area (Å²) < 4.78 is 4.97. The Kier molecular flexibility index (Phi) is 6.58. The third-order valence-corrected chi connectivity index (χ3v) is 2.45. The quantitative estimate of drug-likeness (QED) is 0.580. The van der Waals surface area contributed by atoms with Gasteiger partial charge in [-0.1, -0.05) is 12.7 Å². The molecule has 4 heteroatoms. The second-order valence-corrected chi connectivity index (χ2v) is 3.53.